The van der Waals surface area contributed by atoms with Crippen molar-refractivity contribution in [1.82, 2.24) is 9.97 Å². The zero-order chi connectivity index (χ0) is 13.1. The van der Waals surface area contributed by atoms with Crippen LogP contribution in [0.4, 0.5) is 5.82 Å². The van der Waals surface area contributed by atoms with Crippen LogP contribution in [0.1, 0.15) is 24.5 Å². The quantitative estimate of drug-likeness (QED) is 0.843. The second-order valence-corrected chi connectivity index (χ2v) is 4.54. The van der Waals surface area contributed by atoms with Crippen LogP contribution < -0.4 is 5.01 Å². The third-order valence-corrected chi connectivity index (χ3v) is 3.28. The molecule has 4 heteroatoms. The molecule has 0 N–H and O–H groups in total. The lowest BCUT2D eigenvalue weighted by Gasteiger charge is -2.10. The van der Waals surface area contributed by atoms with Gasteiger partial charge in [0.05, 0.1) is 11.9 Å². The molecule has 0 atom stereocenters. The second kappa shape index (κ2) is 5.18. The minimum absolute atomic E-state index is 0.809. The van der Waals surface area contributed by atoms with Gasteiger partial charge < -0.3 is 0 Å². The summed E-state index contributed by atoms with van der Waals surface area (Å²) >= 11 is 0. The van der Waals surface area contributed by atoms with Crippen LogP contribution >= 0.6 is 0 Å². The highest BCUT2D eigenvalue weighted by Gasteiger charge is 2.18. The molecule has 0 aliphatic carbocycles. The Morgan fingerprint density at radius 1 is 1.26 bits per heavy atom. The minimum atomic E-state index is 0.809. The summed E-state index contributed by atoms with van der Waals surface area (Å²) in [5.41, 5.74) is 3.69. The molecule has 2 aromatic rings. The lowest BCUT2D eigenvalue weighted by molar-refractivity contribution is 0.888. The predicted octanol–water partition coefficient (Wildman–Crippen LogP) is 2.65. The lowest BCUT2D eigenvalue weighted by Crippen LogP contribution is -2.13. The van der Waals surface area contributed by atoms with Gasteiger partial charge in [0, 0.05) is 25.4 Å². The maximum Gasteiger partial charge on any atom is 0.167 e. The van der Waals surface area contributed by atoms with E-state index < -0.39 is 0 Å². The number of benzene rings is 1. The van der Waals surface area contributed by atoms with Crippen molar-refractivity contribution in [3.05, 3.63) is 54.0 Å². The van der Waals surface area contributed by atoms with E-state index in [0.717, 1.165) is 30.9 Å². The molecule has 0 fully saturated rings. The average molecular weight is 252 g/mol. The number of aromatic nitrogens is 2. The zero-order valence-corrected chi connectivity index (χ0v) is 11.0. The molecule has 1 aliphatic rings. The van der Waals surface area contributed by atoms with Crippen LogP contribution in [0, 0.1) is 0 Å². The molecule has 0 amide bonds. The highest BCUT2D eigenvalue weighted by Crippen LogP contribution is 2.19. The summed E-state index contributed by atoms with van der Waals surface area (Å²) in [4.78, 5) is 8.36. The van der Waals surface area contributed by atoms with Gasteiger partial charge in [0.25, 0.3) is 0 Å². The van der Waals surface area contributed by atoms with Gasteiger partial charge in [-0.25, -0.2) is 9.99 Å². The Labute approximate surface area is 112 Å². The van der Waals surface area contributed by atoms with Crippen molar-refractivity contribution < 1.29 is 0 Å². The Hall–Kier alpha value is -2.23. The van der Waals surface area contributed by atoms with Crippen LogP contribution in [0.15, 0.2) is 48.0 Å². The van der Waals surface area contributed by atoms with Crippen molar-refractivity contribution in [2.45, 2.75) is 19.8 Å². The van der Waals surface area contributed by atoms with E-state index in [1.807, 2.05) is 5.01 Å². The Balaban J connectivity index is 1.87. The topological polar surface area (TPSA) is 41.4 Å². The van der Waals surface area contributed by atoms with Gasteiger partial charge in [0.15, 0.2) is 5.82 Å². The first kappa shape index (κ1) is 11.8. The van der Waals surface area contributed by atoms with Crippen LogP contribution in [0.5, 0.6) is 0 Å². The predicted molar refractivity (Wildman–Crippen MR) is 76.4 cm³/mol. The van der Waals surface area contributed by atoms with E-state index in [-0.39, 0.29) is 0 Å². The summed E-state index contributed by atoms with van der Waals surface area (Å²) < 4.78 is 0. The van der Waals surface area contributed by atoms with Crippen LogP contribution in [0.2, 0.25) is 0 Å². The van der Waals surface area contributed by atoms with Crippen LogP contribution in [0.25, 0.3) is 0 Å². The number of nitrogens with zero attached hydrogens (tertiary/aromatic N) is 4. The average Bonchev–Trinajstić information content (AvgIpc) is 2.98. The van der Waals surface area contributed by atoms with Gasteiger partial charge in [-0.2, -0.15) is 5.10 Å². The monoisotopic (exact) mass is 252 g/mol. The summed E-state index contributed by atoms with van der Waals surface area (Å²) in [7, 11) is 0. The summed E-state index contributed by atoms with van der Waals surface area (Å²) in [6.07, 6.45) is 7.11. The number of hydrogen-bond acceptors (Lipinski definition) is 4. The van der Waals surface area contributed by atoms with Crippen molar-refractivity contribution in [2.75, 3.05) is 11.6 Å². The zero-order valence-electron chi connectivity index (χ0n) is 11.0. The number of aryl methyl sites for hydroxylation is 1. The molecular weight excluding hydrogens is 236 g/mol. The fourth-order valence-corrected chi connectivity index (χ4v) is 2.22. The first-order valence-electron chi connectivity index (χ1n) is 6.57. The highest BCUT2D eigenvalue weighted by atomic mass is 15.5. The first-order valence-corrected chi connectivity index (χ1v) is 6.57. The summed E-state index contributed by atoms with van der Waals surface area (Å²) in [6.45, 7) is 3.03. The Bertz CT molecular complexity index is 592. The molecule has 2 heterocycles. The summed E-state index contributed by atoms with van der Waals surface area (Å²) in [6, 6.07) is 8.60. The van der Waals surface area contributed by atoms with E-state index in [0.29, 0.717) is 0 Å². The fourth-order valence-electron chi connectivity index (χ4n) is 2.22. The van der Waals surface area contributed by atoms with Crippen molar-refractivity contribution >= 4 is 11.5 Å². The third kappa shape index (κ3) is 2.47. The fraction of sp³-hybridized carbons (Fsp3) is 0.267. The SMILES string of the molecule is CCc1cccc(C2=NN(c3cnccn3)CC2)c1. The molecule has 0 saturated heterocycles. The molecule has 1 aromatic carbocycles. The van der Waals surface area contributed by atoms with Gasteiger partial charge in [-0.1, -0.05) is 25.1 Å². The molecule has 0 unspecified atom stereocenters. The number of hydrogen-bond donors (Lipinski definition) is 0. The van der Waals surface area contributed by atoms with Crippen LogP contribution in [-0.4, -0.2) is 22.2 Å². The smallest absolute Gasteiger partial charge is 0.167 e. The lowest BCUT2D eigenvalue weighted by atomic mass is 10.0. The van der Waals surface area contributed by atoms with E-state index in [4.69, 9.17) is 0 Å². The van der Waals surface area contributed by atoms with Gasteiger partial charge >= 0.3 is 0 Å². The van der Waals surface area contributed by atoms with Gasteiger partial charge in [-0.05, 0) is 23.6 Å². The summed E-state index contributed by atoms with van der Waals surface area (Å²) in [5, 5.41) is 6.57. The van der Waals surface area contributed by atoms with E-state index in [2.05, 4.69) is 46.3 Å². The normalized spacial score (nSPS) is 14.6. The van der Waals surface area contributed by atoms with Crippen molar-refractivity contribution in [1.29, 1.82) is 0 Å². The molecule has 0 radical (unpaired) electrons. The maximum atomic E-state index is 4.65. The molecule has 19 heavy (non-hydrogen) atoms. The van der Waals surface area contributed by atoms with E-state index in [1.165, 1.54) is 11.1 Å². The van der Waals surface area contributed by atoms with Gasteiger partial charge in [0.2, 0.25) is 0 Å². The van der Waals surface area contributed by atoms with E-state index in [9.17, 15) is 0 Å². The number of anilines is 1. The van der Waals surface area contributed by atoms with Crippen LogP contribution in [-0.2, 0) is 6.42 Å². The second-order valence-electron chi connectivity index (χ2n) is 4.54. The van der Waals surface area contributed by atoms with Crippen LogP contribution in [0.3, 0.4) is 0 Å². The van der Waals surface area contributed by atoms with Crippen molar-refractivity contribution in [2.24, 2.45) is 5.10 Å². The molecule has 0 spiro atoms. The van der Waals surface area contributed by atoms with E-state index in [1.54, 1.807) is 18.6 Å². The molecule has 4 nitrogen and oxygen atoms in total. The molecule has 3 rings (SSSR count). The van der Waals surface area contributed by atoms with Crippen molar-refractivity contribution in [3.8, 4) is 0 Å². The molecule has 0 saturated carbocycles. The van der Waals surface area contributed by atoms with Crippen molar-refractivity contribution in [3.63, 3.8) is 0 Å². The molecular formula is C15H16N4. The Morgan fingerprint density at radius 2 is 2.21 bits per heavy atom. The van der Waals surface area contributed by atoms with Gasteiger partial charge in [-0.3, -0.25) is 4.98 Å². The maximum absolute atomic E-state index is 4.65. The summed E-state index contributed by atoms with van der Waals surface area (Å²) in [5.74, 6) is 0.809. The van der Waals surface area contributed by atoms with E-state index >= 15 is 0 Å². The molecule has 1 aromatic heterocycles. The number of rotatable bonds is 3. The largest absolute Gasteiger partial charge is 0.259 e. The first-order chi connectivity index (χ1) is 9.36. The van der Waals surface area contributed by atoms with Gasteiger partial charge in [0.1, 0.15) is 0 Å². The number of hydrazone groups is 1. The Kier molecular flexibility index (Phi) is 3.23. The third-order valence-electron chi connectivity index (χ3n) is 3.28. The Morgan fingerprint density at radius 3 is 3.00 bits per heavy atom. The molecule has 96 valence electrons. The standard InChI is InChI=1S/C15H16N4/c1-2-12-4-3-5-13(10-12)14-6-9-19(18-14)15-11-16-7-8-17-15/h3-5,7-8,10-11H,2,6,9H2,1H3. The highest BCUT2D eigenvalue weighted by molar-refractivity contribution is 6.02. The minimum Gasteiger partial charge on any atom is -0.259 e. The molecule has 0 bridgehead atoms. The van der Waals surface area contributed by atoms with Gasteiger partial charge in [-0.15, -0.1) is 0 Å². The molecule has 1 aliphatic heterocycles.